The monoisotopic (exact) mass is 754 g/mol. The van der Waals surface area contributed by atoms with Crippen molar-refractivity contribution < 1.29 is 0 Å². The molecule has 0 unspecified atom stereocenters. The van der Waals surface area contributed by atoms with Gasteiger partial charge in [0.15, 0.2) is 11.6 Å². The second kappa shape index (κ2) is 10.2. The number of nitrogens with zero attached hydrogens (tertiary/aromatic N) is 6. The lowest BCUT2D eigenvalue weighted by atomic mass is 10.0. The van der Waals surface area contributed by atoms with Crippen LogP contribution in [0.5, 0.6) is 0 Å². The van der Waals surface area contributed by atoms with E-state index >= 15 is 0 Å². The number of rotatable bonds is 4. The van der Waals surface area contributed by atoms with Crippen molar-refractivity contribution in [2.75, 3.05) is 0 Å². The van der Waals surface area contributed by atoms with E-state index in [4.69, 9.17) is 15.0 Å². The third-order valence-corrected chi connectivity index (χ3v) is 13.9. The molecule has 15 rings (SSSR count). The molecule has 7 aromatic heterocycles. The minimum Gasteiger partial charge on any atom is -0.309 e. The van der Waals surface area contributed by atoms with Crippen LogP contribution >= 0.6 is 11.3 Å². The molecule has 0 saturated carbocycles. The van der Waals surface area contributed by atoms with Gasteiger partial charge in [-0.05, 0) is 48.5 Å². The predicted octanol–water partition coefficient (Wildman–Crippen LogP) is 13.2. The summed E-state index contributed by atoms with van der Waals surface area (Å²) in [5.41, 5.74) is 11.3. The van der Waals surface area contributed by atoms with Crippen molar-refractivity contribution >= 4 is 113 Å². The number of hydrogen-bond acceptors (Lipinski definition) is 4. The normalized spacial score (nSPS) is 12.8. The maximum Gasteiger partial charge on any atom is 0.238 e. The van der Waals surface area contributed by atoms with E-state index in [-0.39, 0.29) is 0 Å². The molecule has 8 aromatic carbocycles. The molecule has 0 aliphatic heterocycles. The van der Waals surface area contributed by atoms with Gasteiger partial charge in [0.25, 0.3) is 0 Å². The maximum absolute atomic E-state index is 5.44. The molecular weight excluding hydrogens is 729 g/mol. The largest absolute Gasteiger partial charge is 0.309 e. The van der Waals surface area contributed by atoms with Crippen LogP contribution in [0.15, 0.2) is 158 Å². The fraction of sp³-hybridized carbons (Fsp3) is 0. The average Bonchev–Trinajstić information content (AvgIpc) is 4.06. The van der Waals surface area contributed by atoms with Gasteiger partial charge in [0, 0.05) is 80.1 Å². The van der Waals surface area contributed by atoms with Gasteiger partial charge in [-0.1, -0.05) is 109 Å². The SMILES string of the molecule is c1ccc(-c2nc(-c3ccc4c5ccccc5n(-c5ccccc5)c4c3)nc(-n3c4ccc5sc6ccc7c8cccc9c%10ccc3c3c4c5c6c7n(c89)c%103)n2)cc1. The Bertz CT molecular complexity index is 4130. The highest BCUT2D eigenvalue weighted by Crippen LogP contribution is 2.53. The first-order valence-corrected chi connectivity index (χ1v) is 20.4. The first kappa shape index (κ1) is 29.6. The number of benzene rings is 8. The average molecular weight is 755 g/mol. The Labute approximate surface area is 332 Å². The van der Waals surface area contributed by atoms with Crippen LogP contribution in [0.2, 0.25) is 0 Å². The van der Waals surface area contributed by atoms with Crippen LogP contribution in [0.3, 0.4) is 0 Å². The lowest BCUT2D eigenvalue weighted by Gasteiger charge is -2.12. The molecule has 6 nitrogen and oxygen atoms in total. The molecule has 0 radical (unpaired) electrons. The zero-order valence-electron chi connectivity index (χ0n) is 30.6. The van der Waals surface area contributed by atoms with E-state index in [0.717, 1.165) is 38.9 Å². The van der Waals surface area contributed by atoms with Crippen molar-refractivity contribution in [1.82, 2.24) is 28.5 Å². The summed E-state index contributed by atoms with van der Waals surface area (Å²) in [6.45, 7) is 0. The highest BCUT2D eigenvalue weighted by molar-refractivity contribution is 7.26. The minimum absolute atomic E-state index is 0.602. The Morgan fingerprint density at radius 2 is 0.966 bits per heavy atom. The number of para-hydroxylation sites is 3. The Hall–Kier alpha value is -7.61. The van der Waals surface area contributed by atoms with E-state index in [1.165, 1.54) is 79.8 Å². The Morgan fingerprint density at radius 3 is 1.81 bits per heavy atom. The van der Waals surface area contributed by atoms with Crippen LogP contribution < -0.4 is 0 Å². The molecule has 0 aliphatic carbocycles. The van der Waals surface area contributed by atoms with E-state index in [0.29, 0.717) is 17.6 Å². The first-order chi connectivity index (χ1) is 28.8. The van der Waals surface area contributed by atoms with Crippen molar-refractivity contribution in [2.24, 2.45) is 0 Å². The van der Waals surface area contributed by atoms with Crippen molar-refractivity contribution in [3.05, 3.63) is 158 Å². The Balaban J connectivity index is 1.08. The molecule has 0 fully saturated rings. The standard InChI is InChI=1S/C51H26N6S/c1-3-10-27(11-4-1)49-52-50(28-18-19-31-30-14-7-8-17-36(30)55(39(31)26-28)29-12-5-2-6-13-29)54-51(53-49)56-37-23-25-40-44-42(37)43-38(56)22-20-34-32-15-9-16-33-35-21-24-41(58-40)45(44)48(35)57(46(32)33)47(34)43/h1-26H. The maximum atomic E-state index is 5.44. The fourth-order valence-corrected chi connectivity index (χ4v) is 11.6. The van der Waals surface area contributed by atoms with E-state index in [2.05, 4.69) is 153 Å². The lowest BCUT2D eigenvalue weighted by Crippen LogP contribution is -2.06. The zero-order valence-corrected chi connectivity index (χ0v) is 31.4. The lowest BCUT2D eigenvalue weighted by molar-refractivity contribution is 0.954. The number of aromatic nitrogens is 6. The summed E-state index contributed by atoms with van der Waals surface area (Å²) in [7, 11) is 0. The van der Waals surface area contributed by atoms with E-state index in [1.807, 2.05) is 29.5 Å². The molecule has 0 N–H and O–H groups in total. The number of thiophene rings is 1. The molecular formula is C51H26N6S. The third kappa shape index (κ3) is 3.45. The molecule has 0 saturated heterocycles. The molecule has 15 aromatic rings. The van der Waals surface area contributed by atoms with E-state index in [9.17, 15) is 0 Å². The van der Waals surface area contributed by atoms with Gasteiger partial charge in [-0.2, -0.15) is 9.97 Å². The molecule has 7 heterocycles. The van der Waals surface area contributed by atoms with Gasteiger partial charge in [0.05, 0.1) is 38.6 Å². The van der Waals surface area contributed by atoms with Crippen LogP contribution in [-0.2, 0) is 0 Å². The fourth-order valence-electron chi connectivity index (χ4n) is 10.5. The van der Waals surface area contributed by atoms with E-state index < -0.39 is 0 Å². The van der Waals surface area contributed by atoms with Crippen LogP contribution in [0.1, 0.15) is 0 Å². The summed E-state index contributed by atoms with van der Waals surface area (Å²) in [4.78, 5) is 16.0. The molecule has 0 aliphatic rings. The molecule has 0 spiro atoms. The highest BCUT2D eigenvalue weighted by Gasteiger charge is 2.29. The summed E-state index contributed by atoms with van der Waals surface area (Å²) < 4.78 is 9.83. The number of fused-ring (bicyclic) bond motifs is 5. The first-order valence-electron chi connectivity index (χ1n) is 19.6. The molecule has 0 atom stereocenters. The van der Waals surface area contributed by atoms with Crippen LogP contribution in [0.4, 0.5) is 0 Å². The summed E-state index contributed by atoms with van der Waals surface area (Å²) in [6.07, 6.45) is 0. The van der Waals surface area contributed by atoms with Gasteiger partial charge < -0.3 is 8.97 Å². The summed E-state index contributed by atoms with van der Waals surface area (Å²) in [6, 6.07) is 56.8. The van der Waals surface area contributed by atoms with Crippen LogP contribution in [0.25, 0.3) is 136 Å². The predicted molar refractivity (Wildman–Crippen MR) is 240 cm³/mol. The molecule has 0 amide bonds. The third-order valence-electron chi connectivity index (χ3n) is 12.7. The van der Waals surface area contributed by atoms with Crippen molar-refractivity contribution in [1.29, 1.82) is 0 Å². The van der Waals surface area contributed by atoms with Gasteiger partial charge in [0.2, 0.25) is 5.95 Å². The topological polar surface area (TPSA) is 52.9 Å². The summed E-state index contributed by atoms with van der Waals surface area (Å²) in [5.74, 6) is 1.87. The van der Waals surface area contributed by atoms with Gasteiger partial charge in [0.1, 0.15) is 0 Å². The van der Waals surface area contributed by atoms with Crippen molar-refractivity contribution in [3.8, 4) is 34.4 Å². The molecule has 0 bridgehead atoms. The quantitative estimate of drug-likeness (QED) is 0.180. The Kier molecular flexibility index (Phi) is 5.22. The summed E-state index contributed by atoms with van der Waals surface area (Å²) >= 11 is 1.89. The van der Waals surface area contributed by atoms with Gasteiger partial charge >= 0.3 is 0 Å². The Morgan fingerprint density at radius 1 is 0.362 bits per heavy atom. The van der Waals surface area contributed by atoms with Crippen molar-refractivity contribution in [2.45, 2.75) is 0 Å². The van der Waals surface area contributed by atoms with Gasteiger partial charge in [-0.25, -0.2) is 4.98 Å². The highest BCUT2D eigenvalue weighted by atomic mass is 32.1. The molecule has 266 valence electrons. The van der Waals surface area contributed by atoms with E-state index in [1.54, 1.807) is 0 Å². The van der Waals surface area contributed by atoms with Gasteiger partial charge in [-0.15, -0.1) is 11.3 Å². The van der Waals surface area contributed by atoms with Crippen LogP contribution in [0, 0.1) is 0 Å². The van der Waals surface area contributed by atoms with Crippen LogP contribution in [-0.4, -0.2) is 28.5 Å². The summed E-state index contributed by atoms with van der Waals surface area (Å²) in [5, 5.41) is 12.8. The second-order valence-corrected chi connectivity index (χ2v) is 16.7. The number of hydrogen-bond donors (Lipinski definition) is 0. The second-order valence-electron chi connectivity index (χ2n) is 15.6. The zero-order chi connectivity index (χ0) is 37.4. The van der Waals surface area contributed by atoms with Gasteiger partial charge in [-0.3, -0.25) is 4.57 Å². The van der Waals surface area contributed by atoms with Crippen molar-refractivity contribution in [3.63, 3.8) is 0 Å². The molecule has 7 heteroatoms. The smallest absolute Gasteiger partial charge is 0.238 e. The minimum atomic E-state index is 0.602. The molecule has 58 heavy (non-hydrogen) atoms.